The van der Waals surface area contributed by atoms with Crippen LogP contribution in [0.5, 0.6) is 0 Å². The highest BCUT2D eigenvalue weighted by Crippen LogP contribution is 2.47. The molecule has 1 aliphatic heterocycles. The number of hydrogen-bond acceptors (Lipinski definition) is 5. The highest BCUT2D eigenvalue weighted by atomic mass is 16.5. The normalized spacial score (nSPS) is 27.9. The highest BCUT2D eigenvalue weighted by molar-refractivity contribution is 6.09. The molecule has 1 saturated heterocycles. The number of ether oxygens (including phenoxy) is 1. The molecule has 1 unspecified atom stereocenters. The number of morpholine rings is 1. The van der Waals surface area contributed by atoms with E-state index in [1.807, 2.05) is 0 Å². The Morgan fingerprint density at radius 3 is 2.82 bits per heavy atom. The predicted molar refractivity (Wildman–Crippen MR) is 58.5 cm³/mol. The number of nitrogens with two attached hydrogens (primary N) is 1. The number of rotatable bonds is 3. The van der Waals surface area contributed by atoms with Crippen molar-refractivity contribution in [2.24, 2.45) is 16.3 Å². The Hall–Kier alpha value is -1.34. The van der Waals surface area contributed by atoms with Gasteiger partial charge in [-0.25, -0.2) is 0 Å². The van der Waals surface area contributed by atoms with Crippen LogP contribution in [0.25, 0.3) is 0 Å². The fourth-order valence-electron chi connectivity index (χ4n) is 2.15. The van der Waals surface area contributed by atoms with E-state index in [0.717, 1.165) is 0 Å². The third-order valence-corrected chi connectivity index (χ3v) is 3.46. The summed E-state index contributed by atoms with van der Waals surface area (Å²) >= 11 is 0. The Labute approximate surface area is 98.8 Å². The van der Waals surface area contributed by atoms with Crippen LogP contribution in [0.1, 0.15) is 12.8 Å². The number of oxime groups is 1. The third kappa shape index (κ3) is 1.96. The SMILES string of the molecule is NC(=NO)C1(C(=O)N2CCOCC2CO)CC1. The molecule has 7 nitrogen and oxygen atoms in total. The van der Waals surface area contributed by atoms with Crippen LogP contribution >= 0.6 is 0 Å². The molecule has 1 amide bonds. The molecule has 1 heterocycles. The number of amides is 1. The van der Waals surface area contributed by atoms with Gasteiger partial charge in [0, 0.05) is 6.54 Å². The van der Waals surface area contributed by atoms with E-state index in [2.05, 4.69) is 5.16 Å². The molecule has 0 bridgehead atoms. The quantitative estimate of drug-likeness (QED) is 0.248. The average molecular weight is 243 g/mol. The minimum atomic E-state index is -0.848. The second-order valence-electron chi connectivity index (χ2n) is 4.48. The Morgan fingerprint density at radius 1 is 1.59 bits per heavy atom. The number of amidine groups is 1. The van der Waals surface area contributed by atoms with E-state index >= 15 is 0 Å². The molecule has 0 aromatic rings. The standard InChI is InChI=1S/C10H17N3O4/c11-8(12-16)10(1-2-10)9(15)13-3-4-17-6-7(13)5-14/h7,14,16H,1-6H2,(H2,11,12). The van der Waals surface area contributed by atoms with Crippen LogP contribution in [-0.2, 0) is 9.53 Å². The van der Waals surface area contributed by atoms with Gasteiger partial charge in [0.25, 0.3) is 0 Å². The number of hydrogen-bond donors (Lipinski definition) is 3. The van der Waals surface area contributed by atoms with Crippen LogP contribution in [0.15, 0.2) is 5.16 Å². The molecule has 2 fully saturated rings. The second kappa shape index (κ2) is 4.50. The van der Waals surface area contributed by atoms with Crippen molar-refractivity contribution in [3.63, 3.8) is 0 Å². The molecule has 1 atom stereocenters. The van der Waals surface area contributed by atoms with Gasteiger partial charge in [-0.15, -0.1) is 0 Å². The number of aliphatic hydroxyl groups is 1. The first-order chi connectivity index (χ1) is 8.15. The maximum Gasteiger partial charge on any atom is 0.237 e. The largest absolute Gasteiger partial charge is 0.409 e. The van der Waals surface area contributed by atoms with Crippen LogP contribution in [0, 0.1) is 5.41 Å². The van der Waals surface area contributed by atoms with Crippen LogP contribution in [0.4, 0.5) is 0 Å². The summed E-state index contributed by atoms with van der Waals surface area (Å²) in [7, 11) is 0. The Kier molecular flexibility index (Phi) is 3.21. The van der Waals surface area contributed by atoms with E-state index in [1.54, 1.807) is 4.90 Å². The van der Waals surface area contributed by atoms with Crippen molar-refractivity contribution in [1.82, 2.24) is 4.90 Å². The van der Waals surface area contributed by atoms with Crippen molar-refractivity contribution < 1.29 is 19.8 Å². The molecule has 2 aliphatic rings. The molecule has 2 rings (SSSR count). The van der Waals surface area contributed by atoms with Crippen molar-refractivity contribution in [3.8, 4) is 0 Å². The van der Waals surface area contributed by atoms with Gasteiger partial charge in [0.1, 0.15) is 5.41 Å². The van der Waals surface area contributed by atoms with Gasteiger partial charge >= 0.3 is 0 Å². The van der Waals surface area contributed by atoms with E-state index in [1.165, 1.54) is 0 Å². The Morgan fingerprint density at radius 2 is 2.29 bits per heavy atom. The predicted octanol–water partition coefficient (Wildman–Crippen LogP) is -1.27. The molecule has 96 valence electrons. The molecule has 0 aromatic heterocycles. The Balaban J connectivity index is 2.14. The number of aliphatic hydroxyl groups excluding tert-OH is 1. The van der Waals surface area contributed by atoms with Gasteiger partial charge in [-0.1, -0.05) is 5.16 Å². The van der Waals surface area contributed by atoms with E-state index in [4.69, 9.17) is 15.7 Å². The summed E-state index contributed by atoms with van der Waals surface area (Å²) in [6.45, 7) is 1.07. The molecule has 1 aliphatic carbocycles. The van der Waals surface area contributed by atoms with Crippen LogP contribution in [0.3, 0.4) is 0 Å². The van der Waals surface area contributed by atoms with Gasteiger partial charge in [0.2, 0.25) is 5.91 Å². The smallest absolute Gasteiger partial charge is 0.237 e. The monoisotopic (exact) mass is 243 g/mol. The lowest BCUT2D eigenvalue weighted by Gasteiger charge is -2.36. The zero-order valence-electron chi connectivity index (χ0n) is 9.50. The molecule has 4 N–H and O–H groups in total. The maximum atomic E-state index is 12.3. The first-order valence-electron chi connectivity index (χ1n) is 5.63. The maximum absolute atomic E-state index is 12.3. The molecule has 7 heteroatoms. The summed E-state index contributed by atoms with van der Waals surface area (Å²) in [6.07, 6.45) is 1.19. The van der Waals surface area contributed by atoms with E-state index in [9.17, 15) is 9.90 Å². The average Bonchev–Trinajstić information content (AvgIpc) is 3.18. The first-order valence-corrected chi connectivity index (χ1v) is 5.63. The van der Waals surface area contributed by atoms with E-state index in [-0.39, 0.29) is 24.4 Å². The lowest BCUT2D eigenvalue weighted by atomic mass is 10.0. The van der Waals surface area contributed by atoms with Gasteiger partial charge in [-0.2, -0.15) is 0 Å². The number of carbonyl (C=O) groups excluding carboxylic acids is 1. The summed E-state index contributed by atoms with van der Waals surface area (Å²) in [5.74, 6) is -0.208. The molecular formula is C10H17N3O4. The van der Waals surface area contributed by atoms with Crippen LogP contribution in [0.2, 0.25) is 0 Å². The van der Waals surface area contributed by atoms with E-state index in [0.29, 0.717) is 32.6 Å². The highest BCUT2D eigenvalue weighted by Gasteiger charge is 2.56. The van der Waals surface area contributed by atoms with Gasteiger partial charge in [-0.3, -0.25) is 4.79 Å². The topological polar surface area (TPSA) is 108 Å². The second-order valence-corrected chi connectivity index (χ2v) is 4.48. The van der Waals surface area contributed by atoms with Gasteiger partial charge in [0.05, 0.1) is 25.9 Å². The fourth-order valence-corrected chi connectivity index (χ4v) is 2.15. The zero-order valence-corrected chi connectivity index (χ0v) is 9.50. The van der Waals surface area contributed by atoms with E-state index < -0.39 is 5.41 Å². The Bertz CT molecular complexity index is 340. The lowest BCUT2D eigenvalue weighted by molar-refractivity contribution is -0.145. The minimum Gasteiger partial charge on any atom is -0.409 e. The molecule has 1 saturated carbocycles. The van der Waals surface area contributed by atoms with Gasteiger partial charge in [-0.05, 0) is 12.8 Å². The van der Waals surface area contributed by atoms with Crippen LogP contribution < -0.4 is 5.73 Å². The number of carbonyl (C=O) groups is 1. The van der Waals surface area contributed by atoms with Crippen molar-refractivity contribution >= 4 is 11.7 Å². The van der Waals surface area contributed by atoms with Crippen molar-refractivity contribution in [3.05, 3.63) is 0 Å². The van der Waals surface area contributed by atoms with Gasteiger partial charge in [0.15, 0.2) is 5.84 Å². The summed E-state index contributed by atoms with van der Waals surface area (Å²) in [6, 6.07) is -0.333. The summed E-state index contributed by atoms with van der Waals surface area (Å²) in [5.41, 5.74) is 4.72. The van der Waals surface area contributed by atoms with Crippen LogP contribution in [-0.4, -0.2) is 59.4 Å². The lowest BCUT2D eigenvalue weighted by Crippen LogP contribution is -2.54. The fraction of sp³-hybridized carbons (Fsp3) is 0.800. The van der Waals surface area contributed by atoms with Crippen molar-refractivity contribution in [1.29, 1.82) is 0 Å². The van der Waals surface area contributed by atoms with Crippen molar-refractivity contribution in [2.75, 3.05) is 26.4 Å². The molecule has 17 heavy (non-hydrogen) atoms. The van der Waals surface area contributed by atoms with Crippen molar-refractivity contribution in [2.45, 2.75) is 18.9 Å². The summed E-state index contributed by atoms with van der Waals surface area (Å²) < 4.78 is 5.21. The molecule has 0 aromatic carbocycles. The third-order valence-electron chi connectivity index (χ3n) is 3.46. The summed E-state index contributed by atoms with van der Waals surface area (Å²) in [4.78, 5) is 13.9. The zero-order chi connectivity index (χ0) is 12.5. The molecule has 0 spiro atoms. The summed E-state index contributed by atoms with van der Waals surface area (Å²) in [5, 5.41) is 20.8. The minimum absolute atomic E-state index is 0.0364. The van der Waals surface area contributed by atoms with Gasteiger partial charge < -0.3 is 25.7 Å². The molecular weight excluding hydrogens is 226 g/mol. The first kappa shape index (κ1) is 12.1. The number of nitrogens with zero attached hydrogens (tertiary/aromatic N) is 2. The molecule has 0 radical (unpaired) electrons.